The highest BCUT2D eigenvalue weighted by Gasteiger charge is 2.44. The van der Waals surface area contributed by atoms with E-state index >= 15 is 0 Å². The fraction of sp³-hybridized carbons (Fsp3) is 0.412. The molecule has 4 heterocycles. The van der Waals surface area contributed by atoms with Crippen molar-refractivity contribution in [1.29, 1.82) is 0 Å². The van der Waals surface area contributed by atoms with Gasteiger partial charge in [-0.1, -0.05) is 0 Å². The number of carbonyl (C=O) groups is 1. The van der Waals surface area contributed by atoms with E-state index in [9.17, 15) is 4.79 Å². The molecule has 2 atom stereocenters. The fourth-order valence-corrected chi connectivity index (χ4v) is 4.03. The van der Waals surface area contributed by atoms with Crippen molar-refractivity contribution in [3.8, 4) is 5.75 Å². The third kappa shape index (κ3) is 2.87. The van der Waals surface area contributed by atoms with Crippen molar-refractivity contribution in [2.24, 2.45) is 0 Å². The number of hydrogen-bond donors (Lipinski definition) is 0. The van der Waals surface area contributed by atoms with Gasteiger partial charge < -0.3 is 14.1 Å². The number of nitrogens with zero attached hydrogens (tertiary/aromatic N) is 2. The van der Waals surface area contributed by atoms with Gasteiger partial charge in [0.25, 0.3) is 5.91 Å². The highest BCUT2D eigenvalue weighted by Crippen LogP contribution is 2.38. The van der Waals surface area contributed by atoms with Crippen molar-refractivity contribution >= 4 is 21.8 Å². The maximum atomic E-state index is 12.7. The third-order valence-corrected chi connectivity index (χ3v) is 5.09. The standard InChI is InChI=1S/C17H17BrN2O3/c18-16-4-3-15(23-16)17(21)20-11-1-2-12(20)10-14(9-11)22-13-5-7-19-8-6-13/h3-8,11-12,14H,1-2,9-10H2. The summed E-state index contributed by atoms with van der Waals surface area (Å²) in [7, 11) is 0. The molecule has 5 nitrogen and oxygen atoms in total. The van der Waals surface area contributed by atoms with Gasteiger partial charge in [-0.05, 0) is 53.0 Å². The molecule has 2 fully saturated rings. The van der Waals surface area contributed by atoms with Crippen LogP contribution >= 0.6 is 15.9 Å². The Morgan fingerprint density at radius 2 is 1.87 bits per heavy atom. The molecular weight excluding hydrogens is 360 g/mol. The summed E-state index contributed by atoms with van der Waals surface area (Å²) in [5, 5.41) is 0. The molecule has 2 bridgehead atoms. The number of hydrogen-bond acceptors (Lipinski definition) is 4. The monoisotopic (exact) mass is 376 g/mol. The average Bonchev–Trinajstić information content (AvgIpc) is 3.10. The van der Waals surface area contributed by atoms with Gasteiger partial charge in [0, 0.05) is 37.3 Å². The second-order valence-corrected chi connectivity index (χ2v) is 6.88. The number of aromatic nitrogens is 1. The molecule has 2 aliphatic rings. The van der Waals surface area contributed by atoms with Crippen LogP contribution in [0, 0.1) is 0 Å². The Balaban J connectivity index is 1.47. The third-order valence-electron chi connectivity index (χ3n) is 4.66. The van der Waals surface area contributed by atoms with E-state index in [0.717, 1.165) is 31.4 Å². The Morgan fingerprint density at radius 1 is 1.17 bits per heavy atom. The number of pyridine rings is 1. The summed E-state index contributed by atoms with van der Waals surface area (Å²) < 4.78 is 12.1. The van der Waals surface area contributed by atoms with Crippen molar-refractivity contribution in [3.63, 3.8) is 0 Å². The maximum Gasteiger partial charge on any atom is 0.290 e. The lowest BCUT2D eigenvalue weighted by atomic mass is 9.99. The molecule has 0 saturated carbocycles. The van der Waals surface area contributed by atoms with Gasteiger partial charge in [0.1, 0.15) is 11.9 Å². The first kappa shape index (κ1) is 14.8. The minimum Gasteiger partial charge on any atom is -0.490 e. The minimum absolute atomic E-state index is 0.00874. The molecule has 2 unspecified atom stereocenters. The molecule has 2 aliphatic heterocycles. The number of furan rings is 1. The van der Waals surface area contributed by atoms with E-state index in [1.54, 1.807) is 24.5 Å². The molecule has 120 valence electrons. The van der Waals surface area contributed by atoms with Gasteiger partial charge in [-0.2, -0.15) is 0 Å². The van der Waals surface area contributed by atoms with E-state index in [-0.39, 0.29) is 24.1 Å². The van der Waals surface area contributed by atoms with Crippen LogP contribution in [0.4, 0.5) is 0 Å². The van der Waals surface area contributed by atoms with Gasteiger partial charge in [-0.15, -0.1) is 0 Å². The van der Waals surface area contributed by atoms with E-state index in [0.29, 0.717) is 10.4 Å². The summed E-state index contributed by atoms with van der Waals surface area (Å²) in [6.45, 7) is 0. The van der Waals surface area contributed by atoms with E-state index in [4.69, 9.17) is 9.15 Å². The molecule has 1 amide bonds. The van der Waals surface area contributed by atoms with Gasteiger partial charge in [-0.25, -0.2) is 0 Å². The highest BCUT2D eigenvalue weighted by atomic mass is 79.9. The van der Waals surface area contributed by atoms with Crippen LogP contribution in [-0.4, -0.2) is 34.0 Å². The molecule has 0 spiro atoms. The normalized spacial score (nSPS) is 26.3. The van der Waals surface area contributed by atoms with Crippen LogP contribution in [0.25, 0.3) is 0 Å². The summed E-state index contributed by atoms with van der Waals surface area (Å²) in [4.78, 5) is 18.7. The Morgan fingerprint density at radius 3 is 2.48 bits per heavy atom. The quantitative estimate of drug-likeness (QED) is 0.820. The highest BCUT2D eigenvalue weighted by molar-refractivity contribution is 9.10. The molecule has 2 saturated heterocycles. The van der Waals surface area contributed by atoms with E-state index in [1.165, 1.54) is 0 Å². The summed E-state index contributed by atoms with van der Waals surface area (Å²) in [6, 6.07) is 7.70. The van der Waals surface area contributed by atoms with Crippen LogP contribution in [-0.2, 0) is 0 Å². The molecule has 0 aromatic carbocycles. The minimum atomic E-state index is -0.00874. The topological polar surface area (TPSA) is 55.6 Å². The van der Waals surface area contributed by atoms with Crippen LogP contribution < -0.4 is 4.74 Å². The summed E-state index contributed by atoms with van der Waals surface area (Å²) in [5.74, 6) is 1.24. The van der Waals surface area contributed by atoms with Crippen LogP contribution in [0.5, 0.6) is 5.75 Å². The second kappa shape index (κ2) is 6.00. The molecule has 0 aliphatic carbocycles. The first-order chi connectivity index (χ1) is 11.2. The van der Waals surface area contributed by atoms with Crippen LogP contribution in [0.15, 0.2) is 45.7 Å². The summed E-state index contributed by atoms with van der Waals surface area (Å²) in [5.41, 5.74) is 0. The van der Waals surface area contributed by atoms with E-state index in [1.807, 2.05) is 17.0 Å². The first-order valence-electron chi connectivity index (χ1n) is 7.85. The van der Waals surface area contributed by atoms with Gasteiger partial charge in [-0.3, -0.25) is 9.78 Å². The zero-order chi connectivity index (χ0) is 15.8. The number of rotatable bonds is 3. The lowest BCUT2D eigenvalue weighted by Crippen LogP contribution is -2.49. The number of carbonyl (C=O) groups excluding carboxylic acids is 1. The Labute approximate surface area is 142 Å². The Hall–Kier alpha value is -1.82. The number of ether oxygens (including phenoxy) is 1. The smallest absolute Gasteiger partial charge is 0.290 e. The summed E-state index contributed by atoms with van der Waals surface area (Å²) in [6.07, 6.45) is 7.43. The second-order valence-electron chi connectivity index (χ2n) is 6.10. The van der Waals surface area contributed by atoms with Crippen LogP contribution in [0.1, 0.15) is 36.2 Å². The SMILES string of the molecule is O=C(c1ccc(Br)o1)N1C2CCC1CC(Oc1ccncc1)C2. The number of amides is 1. The van der Waals surface area contributed by atoms with Gasteiger partial charge in [0.05, 0.1) is 0 Å². The predicted octanol–water partition coefficient (Wildman–Crippen LogP) is 3.65. The van der Waals surface area contributed by atoms with E-state index in [2.05, 4.69) is 20.9 Å². The zero-order valence-electron chi connectivity index (χ0n) is 12.5. The lowest BCUT2D eigenvalue weighted by Gasteiger charge is -2.38. The van der Waals surface area contributed by atoms with Crippen molar-refractivity contribution in [2.45, 2.75) is 43.9 Å². The van der Waals surface area contributed by atoms with Crippen LogP contribution in [0.2, 0.25) is 0 Å². The number of halogens is 1. The Bertz CT molecular complexity index is 689. The molecule has 6 heteroatoms. The zero-order valence-corrected chi connectivity index (χ0v) is 14.1. The van der Waals surface area contributed by atoms with Crippen molar-refractivity contribution in [3.05, 3.63) is 47.1 Å². The lowest BCUT2D eigenvalue weighted by molar-refractivity contribution is 0.0332. The molecule has 2 aromatic heterocycles. The van der Waals surface area contributed by atoms with E-state index < -0.39 is 0 Å². The Kier molecular flexibility index (Phi) is 3.85. The average molecular weight is 377 g/mol. The molecule has 0 radical (unpaired) electrons. The van der Waals surface area contributed by atoms with Crippen molar-refractivity contribution in [2.75, 3.05) is 0 Å². The first-order valence-corrected chi connectivity index (χ1v) is 8.64. The summed E-state index contributed by atoms with van der Waals surface area (Å²) >= 11 is 3.25. The number of piperidine rings is 1. The van der Waals surface area contributed by atoms with Crippen LogP contribution in [0.3, 0.4) is 0 Å². The molecule has 0 N–H and O–H groups in total. The number of fused-ring (bicyclic) bond motifs is 2. The largest absolute Gasteiger partial charge is 0.490 e. The molecule has 4 rings (SSSR count). The molecule has 23 heavy (non-hydrogen) atoms. The maximum absolute atomic E-state index is 12.7. The molecular formula is C17H17BrN2O3. The molecule has 2 aromatic rings. The predicted molar refractivity (Wildman–Crippen MR) is 87.3 cm³/mol. The van der Waals surface area contributed by atoms with Gasteiger partial charge in [0.15, 0.2) is 10.4 Å². The fourth-order valence-electron chi connectivity index (χ4n) is 3.72. The van der Waals surface area contributed by atoms with Gasteiger partial charge in [0.2, 0.25) is 0 Å². The van der Waals surface area contributed by atoms with Gasteiger partial charge >= 0.3 is 0 Å². The van der Waals surface area contributed by atoms with Crippen molar-refractivity contribution < 1.29 is 13.9 Å². The van der Waals surface area contributed by atoms with Crippen molar-refractivity contribution in [1.82, 2.24) is 9.88 Å².